The van der Waals surface area contributed by atoms with Crippen LogP contribution in [0.1, 0.15) is 30.0 Å². The lowest BCUT2D eigenvalue weighted by Gasteiger charge is -2.03. The molecule has 0 aromatic carbocycles. The molecule has 0 aliphatic heterocycles. The number of carbonyl (C=O) groups excluding carboxylic acids is 1. The molecule has 1 amide bonds. The number of rotatable bonds is 3. The molecule has 0 aliphatic carbocycles. The second-order valence-corrected chi connectivity index (χ2v) is 3.06. The number of H-pyrrole nitrogens is 1. The molecular weight excluding hydrogens is 190 g/mol. The van der Waals surface area contributed by atoms with Crippen molar-refractivity contribution in [2.75, 3.05) is 0 Å². The Morgan fingerprint density at radius 1 is 1.71 bits per heavy atom. The quantitative estimate of drug-likeness (QED) is 0.594. The Hall–Kier alpha value is -1.63. The molecule has 0 saturated heterocycles. The van der Waals surface area contributed by atoms with Gasteiger partial charge in [0.15, 0.2) is 4.60 Å². The molecule has 78 valence electrons. The van der Waals surface area contributed by atoms with Gasteiger partial charge in [-0.25, -0.2) is 0 Å². The summed E-state index contributed by atoms with van der Waals surface area (Å²) in [5.41, 5.74) is -0.195. The van der Waals surface area contributed by atoms with E-state index >= 15 is 0 Å². The van der Waals surface area contributed by atoms with E-state index < -0.39 is 12.5 Å². The summed E-state index contributed by atoms with van der Waals surface area (Å²) in [6.07, 6.45) is 0. The van der Waals surface area contributed by atoms with Gasteiger partial charge in [0.1, 0.15) is 6.61 Å². The maximum atomic E-state index is 11.4. The highest BCUT2D eigenvalue weighted by atomic mass is 16.7. The molecule has 0 fully saturated rings. The molecule has 1 heterocycles. The van der Waals surface area contributed by atoms with E-state index in [1.54, 1.807) is 13.8 Å². The van der Waals surface area contributed by atoms with Crippen LogP contribution in [0.5, 0.6) is 0 Å². The van der Waals surface area contributed by atoms with E-state index in [1.165, 1.54) is 0 Å². The van der Waals surface area contributed by atoms with Crippen LogP contribution in [0.4, 0.5) is 0 Å². The highest BCUT2D eigenvalue weighted by Gasteiger charge is 2.27. The van der Waals surface area contributed by atoms with Crippen LogP contribution in [0.2, 0.25) is 0 Å². The number of carbonyl (C=O) groups is 1. The van der Waals surface area contributed by atoms with Crippen molar-refractivity contribution >= 4 is 5.91 Å². The van der Waals surface area contributed by atoms with Crippen LogP contribution in [0.15, 0.2) is 4.63 Å². The van der Waals surface area contributed by atoms with Crippen LogP contribution in [0, 0.1) is 4.91 Å². The van der Waals surface area contributed by atoms with E-state index in [4.69, 9.17) is 5.11 Å². The van der Waals surface area contributed by atoms with E-state index in [1.807, 2.05) is 0 Å². The van der Waals surface area contributed by atoms with Crippen LogP contribution < -0.4 is 9.92 Å². The minimum atomic E-state index is -0.580. The first-order valence-corrected chi connectivity index (χ1v) is 4.11. The van der Waals surface area contributed by atoms with Gasteiger partial charge in [0.2, 0.25) is 5.69 Å². The number of hydrogen-bond donors (Lipinski definition) is 3. The largest absolute Gasteiger partial charge is 0.388 e. The summed E-state index contributed by atoms with van der Waals surface area (Å²) in [7, 11) is 0. The minimum Gasteiger partial charge on any atom is -0.388 e. The number of hydrogen-bond acceptors (Lipinski definition) is 4. The first-order valence-electron chi connectivity index (χ1n) is 4.11. The molecule has 0 saturated carbocycles. The van der Waals surface area contributed by atoms with Gasteiger partial charge in [-0.15, -0.1) is 0 Å². The van der Waals surface area contributed by atoms with Crippen molar-refractivity contribution in [1.82, 2.24) is 10.5 Å². The fraction of sp³-hybridized carbons (Fsp3) is 0.571. The average molecular weight is 202 g/mol. The molecule has 0 atom stereocenters. The molecule has 7 heteroatoms. The Morgan fingerprint density at radius 2 is 2.36 bits per heavy atom. The number of nitrogens with one attached hydrogen (secondary N) is 2. The van der Waals surface area contributed by atoms with Gasteiger partial charge in [-0.3, -0.25) is 4.79 Å². The van der Waals surface area contributed by atoms with Crippen molar-refractivity contribution in [3.05, 3.63) is 16.3 Å². The fourth-order valence-corrected chi connectivity index (χ4v) is 0.958. The molecule has 0 spiro atoms. The van der Waals surface area contributed by atoms with Crippen LogP contribution >= 0.6 is 0 Å². The number of aromatic nitrogens is 2. The summed E-state index contributed by atoms with van der Waals surface area (Å²) in [4.78, 5) is 22.4. The lowest BCUT2D eigenvalue weighted by Crippen LogP contribution is -2.36. The predicted molar refractivity (Wildman–Crippen MR) is 45.0 cm³/mol. The molecule has 14 heavy (non-hydrogen) atoms. The Balaban J connectivity index is 2.99. The van der Waals surface area contributed by atoms with Crippen LogP contribution in [0.25, 0.3) is 0 Å². The van der Waals surface area contributed by atoms with E-state index in [0.717, 1.165) is 0 Å². The number of aromatic amines is 1. The number of amides is 1. The number of aliphatic hydroxyl groups excluding tert-OH is 1. The summed E-state index contributed by atoms with van der Waals surface area (Å²) >= 11 is 0. The zero-order chi connectivity index (χ0) is 10.7. The van der Waals surface area contributed by atoms with Crippen molar-refractivity contribution in [1.29, 1.82) is 0 Å². The molecule has 1 aromatic heterocycles. The van der Waals surface area contributed by atoms with Crippen LogP contribution in [-0.2, 0) is 6.61 Å². The summed E-state index contributed by atoms with van der Waals surface area (Å²) in [6.45, 7) is 3.06. The van der Waals surface area contributed by atoms with Crippen LogP contribution in [-0.4, -0.2) is 22.2 Å². The lowest BCUT2D eigenvalue weighted by atomic mass is 10.3. The predicted octanol–water partition coefficient (Wildman–Crippen LogP) is -0.847. The van der Waals surface area contributed by atoms with Crippen molar-refractivity contribution in [2.24, 2.45) is 0 Å². The highest BCUT2D eigenvalue weighted by molar-refractivity contribution is 5.91. The fourth-order valence-electron chi connectivity index (χ4n) is 0.958. The first kappa shape index (κ1) is 10.5. The summed E-state index contributed by atoms with van der Waals surface area (Å²) in [5, 5.41) is 13.4. The topological polar surface area (TPSA) is 101 Å². The molecule has 0 radical (unpaired) electrons. The van der Waals surface area contributed by atoms with Gasteiger partial charge in [-0.2, -0.15) is 0 Å². The van der Waals surface area contributed by atoms with Crippen molar-refractivity contribution in [3.8, 4) is 0 Å². The molecule has 0 unspecified atom stereocenters. The molecule has 1 rings (SSSR count). The maximum Gasteiger partial charge on any atom is 0.334 e. The Morgan fingerprint density at radius 3 is 2.86 bits per heavy atom. The first-order chi connectivity index (χ1) is 6.56. The third kappa shape index (κ3) is 1.99. The molecule has 0 aliphatic rings. The third-order valence-corrected chi connectivity index (χ3v) is 1.51. The van der Waals surface area contributed by atoms with Gasteiger partial charge in [-0.1, -0.05) is 9.79 Å². The summed E-state index contributed by atoms with van der Waals surface area (Å²) in [6, 6.07) is -0.0936. The van der Waals surface area contributed by atoms with Gasteiger partial charge >= 0.3 is 11.6 Å². The minimum absolute atomic E-state index is 0.0310. The smallest absolute Gasteiger partial charge is 0.334 e. The van der Waals surface area contributed by atoms with E-state index in [9.17, 15) is 9.70 Å². The van der Waals surface area contributed by atoms with Crippen molar-refractivity contribution in [3.63, 3.8) is 0 Å². The standard InChI is InChI=1S/C7H11N3O4/c1-4(2)8-7(12)6-5(3-11)9-14-10(6)13/h4,11H,3H2,1-2H3,(H-,8,9,12,13)/p+1. The zero-order valence-electron chi connectivity index (χ0n) is 7.90. The molecule has 1 aromatic rings. The third-order valence-electron chi connectivity index (χ3n) is 1.51. The van der Waals surface area contributed by atoms with Gasteiger partial charge in [0.25, 0.3) is 0 Å². The van der Waals surface area contributed by atoms with Gasteiger partial charge < -0.3 is 10.4 Å². The Bertz CT molecular complexity index is 379. The molecule has 7 nitrogen and oxygen atoms in total. The SMILES string of the molecule is CC(C)NC(=O)c1c(CO)[nH]o[n+]1=O. The van der Waals surface area contributed by atoms with E-state index in [0.29, 0.717) is 0 Å². The summed E-state index contributed by atoms with van der Waals surface area (Å²) < 4.78 is 4.34. The zero-order valence-corrected chi connectivity index (χ0v) is 7.90. The molecule has 0 bridgehead atoms. The normalized spacial score (nSPS) is 10.6. The van der Waals surface area contributed by atoms with Gasteiger partial charge in [-0.05, 0) is 18.8 Å². The van der Waals surface area contributed by atoms with Crippen molar-refractivity contribution < 1.29 is 19.1 Å². The van der Waals surface area contributed by atoms with Gasteiger partial charge in [0, 0.05) is 6.04 Å². The second-order valence-electron chi connectivity index (χ2n) is 3.06. The number of aliphatic hydroxyl groups is 1. The van der Waals surface area contributed by atoms with Crippen molar-refractivity contribution in [2.45, 2.75) is 26.5 Å². The maximum absolute atomic E-state index is 11.4. The van der Waals surface area contributed by atoms with E-state index in [2.05, 4.69) is 15.1 Å². The monoisotopic (exact) mass is 202 g/mol. The van der Waals surface area contributed by atoms with E-state index in [-0.39, 0.29) is 22.0 Å². The average Bonchev–Trinajstić information content (AvgIpc) is 2.45. The number of nitrogens with zero attached hydrogens (tertiary/aromatic N) is 1. The van der Waals surface area contributed by atoms with Gasteiger partial charge in [0.05, 0.1) is 0 Å². The highest BCUT2D eigenvalue weighted by Crippen LogP contribution is 1.99. The molecular formula is C7H12N3O4+. The Labute approximate surface area is 79.3 Å². The van der Waals surface area contributed by atoms with Crippen LogP contribution in [0.3, 0.4) is 0 Å². The Kier molecular flexibility index (Phi) is 3.03. The second kappa shape index (κ2) is 4.05. The lowest BCUT2D eigenvalue weighted by molar-refractivity contribution is -0.714. The molecule has 3 N–H and O–H groups in total. The summed E-state index contributed by atoms with van der Waals surface area (Å²) in [5.74, 6) is -0.580.